The first-order chi connectivity index (χ1) is 12.5. The highest BCUT2D eigenvalue weighted by Gasteiger charge is 2.38. The zero-order chi connectivity index (χ0) is 18.7. The van der Waals surface area contributed by atoms with Gasteiger partial charge in [0.05, 0.1) is 12.6 Å². The monoisotopic (exact) mass is 360 g/mol. The molecule has 2 aromatic carbocycles. The van der Waals surface area contributed by atoms with Crippen LogP contribution < -0.4 is 5.32 Å². The first-order valence-electron chi connectivity index (χ1n) is 8.24. The predicted octanol–water partition coefficient (Wildman–Crippen LogP) is 2.55. The van der Waals surface area contributed by atoms with Crippen molar-refractivity contribution in [3.05, 3.63) is 71.3 Å². The van der Waals surface area contributed by atoms with Crippen molar-refractivity contribution in [1.82, 2.24) is 10.2 Å². The Balaban J connectivity index is 1.62. The van der Waals surface area contributed by atoms with Crippen LogP contribution in [-0.2, 0) is 11.2 Å². The van der Waals surface area contributed by atoms with E-state index < -0.39 is 35.7 Å². The van der Waals surface area contributed by atoms with E-state index in [4.69, 9.17) is 0 Å². The molecule has 7 heteroatoms. The van der Waals surface area contributed by atoms with Gasteiger partial charge in [-0.1, -0.05) is 36.4 Å². The smallest absolute Gasteiger partial charge is 0.324 e. The third-order valence-electron chi connectivity index (χ3n) is 4.36. The van der Waals surface area contributed by atoms with Crippen molar-refractivity contribution in [2.75, 3.05) is 6.54 Å². The topological polar surface area (TPSA) is 69.6 Å². The number of urea groups is 1. The Morgan fingerprint density at radius 2 is 1.81 bits per heavy atom. The van der Waals surface area contributed by atoms with Gasteiger partial charge in [-0.2, -0.15) is 0 Å². The molecule has 2 atom stereocenters. The van der Waals surface area contributed by atoms with Gasteiger partial charge in [0.1, 0.15) is 6.04 Å². The van der Waals surface area contributed by atoms with E-state index in [2.05, 4.69) is 5.32 Å². The van der Waals surface area contributed by atoms with Crippen LogP contribution in [0.4, 0.5) is 13.6 Å². The Labute approximate surface area is 149 Å². The van der Waals surface area contributed by atoms with Gasteiger partial charge in [0, 0.05) is 0 Å². The lowest BCUT2D eigenvalue weighted by atomic mass is 10.0. The first kappa shape index (κ1) is 18.0. The van der Waals surface area contributed by atoms with Gasteiger partial charge in [-0.15, -0.1) is 0 Å². The Morgan fingerprint density at radius 1 is 1.08 bits per heavy atom. The molecular weight excluding hydrogens is 342 g/mol. The number of nitrogens with one attached hydrogen (secondary N) is 1. The third-order valence-corrected chi connectivity index (χ3v) is 4.36. The molecule has 0 unspecified atom stereocenters. The lowest BCUT2D eigenvalue weighted by Gasteiger charge is -2.18. The number of aryl methyl sites for hydroxylation is 1. The SMILES string of the molecule is O=C1N[C@@H](CCc2ccccc2)C(=O)N1C[C@H](O)c1ccc(F)c(F)c1. The number of benzene rings is 2. The summed E-state index contributed by atoms with van der Waals surface area (Å²) in [4.78, 5) is 25.4. The zero-order valence-electron chi connectivity index (χ0n) is 13.9. The maximum Gasteiger partial charge on any atom is 0.324 e. The summed E-state index contributed by atoms with van der Waals surface area (Å²) in [5.41, 5.74) is 1.15. The van der Waals surface area contributed by atoms with Gasteiger partial charge in [0.2, 0.25) is 0 Å². The summed E-state index contributed by atoms with van der Waals surface area (Å²) in [5.74, 6) is -2.57. The zero-order valence-corrected chi connectivity index (χ0v) is 13.9. The van der Waals surface area contributed by atoms with Gasteiger partial charge in [0.25, 0.3) is 5.91 Å². The van der Waals surface area contributed by atoms with Gasteiger partial charge >= 0.3 is 6.03 Å². The molecule has 0 saturated carbocycles. The summed E-state index contributed by atoms with van der Waals surface area (Å²) < 4.78 is 26.3. The molecule has 1 aliphatic heterocycles. The average molecular weight is 360 g/mol. The van der Waals surface area contributed by atoms with Gasteiger partial charge in [-0.3, -0.25) is 9.69 Å². The first-order valence-corrected chi connectivity index (χ1v) is 8.24. The number of carbonyl (C=O) groups excluding carboxylic acids is 2. The van der Waals surface area contributed by atoms with Crippen molar-refractivity contribution in [3.63, 3.8) is 0 Å². The minimum atomic E-state index is -1.30. The quantitative estimate of drug-likeness (QED) is 0.778. The van der Waals surface area contributed by atoms with Crippen LogP contribution in [0.2, 0.25) is 0 Å². The summed E-state index contributed by atoms with van der Waals surface area (Å²) in [6.07, 6.45) is -0.239. The van der Waals surface area contributed by atoms with Gasteiger partial charge in [-0.25, -0.2) is 13.6 Å². The number of imide groups is 1. The molecule has 26 heavy (non-hydrogen) atoms. The molecule has 1 heterocycles. The van der Waals surface area contributed by atoms with E-state index in [0.29, 0.717) is 12.8 Å². The normalized spacial score (nSPS) is 18.1. The molecule has 1 fully saturated rings. The van der Waals surface area contributed by atoms with Crippen LogP contribution in [0.3, 0.4) is 0 Å². The second-order valence-corrected chi connectivity index (χ2v) is 6.16. The molecular formula is C19H18F2N2O3. The largest absolute Gasteiger partial charge is 0.387 e. The van der Waals surface area contributed by atoms with Crippen molar-refractivity contribution in [2.24, 2.45) is 0 Å². The van der Waals surface area contributed by atoms with Gasteiger partial charge < -0.3 is 10.4 Å². The molecule has 0 bridgehead atoms. The number of hydrogen-bond acceptors (Lipinski definition) is 3. The fraction of sp³-hybridized carbons (Fsp3) is 0.263. The van der Waals surface area contributed by atoms with Crippen molar-refractivity contribution in [2.45, 2.75) is 25.0 Å². The molecule has 136 valence electrons. The summed E-state index contributed by atoms with van der Waals surface area (Å²) in [6, 6.07) is 11.3. The number of hydrogen-bond donors (Lipinski definition) is 2. The van der Waals surface area contributed by atoms with Crippen molar-refractivity contribution < 1.29 is 23.5 Å². The van der Waals surface area contributed by atoms with E-state index >= 15 is 0 Å². The highest BCUT2D eigenvalue weighted by Crippen LogP contribution is 2.20. The van der Waals surface area contributed by atoms with Crippen LogP contribution in [0.25, 0.3) is 0 Å². The van der Waals surface area contributed by atoms with Crippen molar-refractivity contribution in [1.29, 1.82) is 0 Å². The number of amides is 3. The fourth-order valence-corrected chi connectivity index (χ4v) is 2.90. The molecule has 0 aliphatic carbocycles. The van der Waals surface area contributed by atoms with E-state index in [1.165, 1.54) is 6.07 Å². The van der Waals surface area contributed by atoms with Crippen LogP contribution in [0, 0.1) is 11.6 Å². The van der Waals surface area contributed by atoms with E-state index in [9.17, 15) is 23.5 Å². The molecule has 0 aromatic heterocycles. The second-order valence-electron chi connectivity index (χ2n) is 6.16. The van der Waals surface area contributed by atoms with E-state index in [1.54, 1.807) is 0 Å². The van der Waals surface area contributed by atoms with E-state index in [1.807, 2.05) is 30.3 Å². The highest BCUT2D eigenvalue weighted by atomic mass is 19.2. The van der Waals surface area contributed by atoms with Crippen LogP contribution >= 0.6 is 0 Å². The minimum absolute atomic E-state index is 0.0947. The summed E-state index contributed by atoms with van der Waals surface area (Å²) in [7, 11) is 0. The minimum Gasteiger partial charge on any atom is -0.387 e. The molecule has 1 saturated heterocycles. The molecule has 0 radical (unpaired) electrons. The lowest BCUT2D eigenvalue weighted by Crippen LogP contribution is -2.35. The maximum atomic E-state index is 13.3. The Hall–Kier alpha value is -2.80. The lowest BCUT2D eigenvalue weighted by molar-refractivity contribution is -0.128. The molecule has 5 nitrogen and oxygen atoms in total. The third kappa shape index (κ3) is 3.88. The molecule has 3 rings (SSSR count). The molecule has 1 aliphatic rings. The Morgan fingerprint density at radius 3 is 2.50 bits per heavy atom. The number of carbonyl (C=O) groups is 2. The van der Waals surface area contributed by atoms with Crippen molar-refractivity contribution >= 4 is 11.9 Å². The summed E-state index contributed by atoms with van der Waals surface area (Å²) in [6.45, 7) is -0.322. The number of halogens is 2. The van der Waals surface area contributed by atoms with E-state index in [-0.39, 0.29) is 12.1 Å². The number of aliphatic hydroxyl groups is 1. The highest BCUT2D eigenvalue weighted by molar-refractivity contribution is 6.04. The van der Waals surface area contributed by atoms with Crippen LogP contribution in [0.5, 0.6) is 0 Å². The maximum absolute atomic E-state index is 13.3. The average Bonchev–Trinajstić information content (AvgIpc) is 2.90. The molecule has 0 spiro atoms. The van der Waals surface area contributed by atoms with Gasteiger partial charge in [0.15, 0.2) is 11.6 Å². The number of nitrogens with zero attached hydrogens (tertiary/aromatic N) is 1. The Bertz CT molecular complexity index is 814. The van der Waals surface area contributed by atoms with E-state index in [0.717, 1.165) is 22.6 Å². The second kappa shape index (κ2) is 7.61. The predicted molar refractivity (Wildman–Crippen MR) is 90.1 cm³/mol. The standard InChI is InChI=1S/C19H18F2N2O3/c20-14-8-7-13(10-15(14)21)17(24)11-23-18(25)16(22-19(23)26)9-6-12-4-2-1-3-5-12/h1-5,7-8,10,16-17,24H,6,9,11H2,(H,22,26)/t16-,17-/m0/s1. The number of aliphatic hydroxyl groups excluding tert-OH is 1. The summed E-state index contributed by atoms with van der Waals surface area (Å²) in [5, 5.41) is 12.8. The number of β-amino-alcohol motifs (C(OH)–C–C–N with tert-alkyl or cyclic N) is 1. The van der Waals surface area contributed by atoms with Crippen LogP contribution in [-0.4, -0.2) is 34.5 Å². The van der Waals surface area contributed by atoms with Crippen molar-refractivity contribution in [3.8, 4) is 0 Å². The number of rotatable bonds is 6. The molecule has 2 N–H and O–H groups in total. The summed E-state index contributed by atoms with van der Waals surface area (Å²) >= 11 is 0. The fourth-order valence-electron chi connectivity index (χ4n) is 2.90. The Kier molecular flexibility index (Phi) is 5.27. The van der Waals surface area contributed by atoms with Crippen LogP contribution in [0.1, 0.15) is 23.7 Å². The molecule has 3 amide bonds. The van der Waals surface area contributed by atoms with Crippen LogP contribution in [0.15, 0.2) is 48.5 Å². The van der Waals surface area contributed by atoms with Gasteiger partial charge in [-0.05, 0) is 36.1 Å². The molecule has 2 aromatic rings.